The van der Waals surface area contributed by atoms with Crippen molar-refractivity contribution in [2.75, 3.05) is 36.0 Å². The van der Waals surface area contributed by atoms with E-state index in [4.69, 9.17) is 9.97 Å². The molecule has 5 rings (SSSR count). The van der Waals surface area contributed by atoms with Crippen molar-refractivity contribution in [3.63, 3.8) is 0 Å². The van der Waals surface area contributed by atoms with Crippen molar-refractivity contribution < 1.29 is 0 Å². The number of piperazine rings is 1. The van der Waals surface area contributed by atoms with Crippen LogP contribution in [-0.4, -0.2) is 47.1 Å². The first-order chi connectivity index (χ1) is 14.7. The Kier molecular flexibility index (Phi) is 5.13. The molecule has 0 saturated carbocycles. The Hall–Kier alpha value is -2.92. The summed E-state index contributed by atoms with van der Waals surface area (Å²) >= 11 is 0. The van der Waals surface area contributed by atoms with Crippen molar-refractivity contribution in [3.8, 4) is 0 Å². The van der Waals surface area contributed by atoms with E-state index in [-0.39, 0.29) is 0 Å². The molecule has 3 aromatic rings. The van der Waals surface area contributed by atoms with Crippen molar-refractivity contribution in [1.82, 2.24) is 14.9 Å². The van der Waals surface area contributed by atoms with Crippen LogP contribution in [0, 0.1) is 6.92 Å². The Morgan fingerprint density at radius 3 is 2.37 bits per heavy atom. The quantitative estimate of drug-likeness (QED) is 0.657. The molecule has 2 aliphatic heterocycles. The standard InChI is InChI=1S/C25H29N5/c1-19-16-22-10-6-7-11-23(22)30(19)25-17-24(26-20(2)27-25)29-14-12-28(13-15-29)18-21-8-4-3-5-9-21/h3-11,17,19H,12-16,18H2,1-2H3. The molecule has 1 aromatic heterocycles. The van der Waals surface area contributed by atoms with Crippen LogP contribution < -0.4 is 9.80 Å². The molecule has 154 valence electrons. The molecule has 0 amide bonds. The highest BCUT2D eigenvalue weighted by molar-refractivity contribution is 5.70. The van der Waals surface area contributed by atoms with Gasteiger partial charge < -0.3 is 9.80 Å². The summed E-state index contributed by atoms with van der Waals surface area (Å²) in [6.07, 6.45) is 1.06. The molecule has 5 nitrogen and oxygen atoms in total. The topological polar surface area (TPSA) is 35.5 Å². The zero-order valence-corrected chi connectivity index (χ0v) is 17.8. The number of rotatable bonds is 4. The fourth-order valence-corrected chi connectivity index (χ4v) is 4.71. The highest BCUT2D eigenvalue weighted by Crippen LogP contribution is 2.38. The number of hydrogen-bond acceptors (Lipinski definition) is 5. The van der Waals surface area contributed by atoms with Crippen molar-refractivity contribution >= 4 is 17.3 Å². The molecular formula is C25H29N5. The SMILES string of the molecule is Cc1nc(N2CCN(Cc3ccccc3)CC2)cc(N2c3ccccc3CC2C)n1. The first-order valence-corrected chi connectivity index (χ1v) is 10.9. The molecule has 0 aliphatic carbocycles. The minimum atomic E-state index is 0.410. The van der Waals surface area contributed by atoms with Crippen LogP contribution in [0.25, 0.3) is 0 Å². The van der Waals surface area contributed by atoms with E-state index in [1.165, 1.54) is 16.8 Å². The van der Waals surface area contributed by atoms with Crippen LogP contribution in [-0.2, 0) is 13.0 Å². The van der Waals surface area contributed by atoms with Crippen LogP contribution in [0.4, 0.5) is 17.3 Å². The summed E-state index contributed by atoms with van der Waals surface area (Å²) in [5.41, 5.74) is 4.06. The number of benzene rings is 2. The number of hydrogen-bond donors (Lipinski definition) is 0. The normalized spacial score (nSPS) is 19.2. The van der Waals surface area contributed by atoms with E-state index in [0.717, 1.165) is 56.6 Å². The van der Waals surface area contributed by atoms with Crippen LogP contribution in [0.15, 0.2) is 60.7 Å². The third-order valence-corrected chi connectivity index (χ3v) is 6.21. The Labute approximate surface area is 179 Å². The van der Waals surface area contributed by atoms with Gasteiger partial charge in [0.05, 0.1) is 0 Å². The second-order valence-corrected chi connectivity index (χ2v) is 8.43. The van der Waals surface area contributed by atoms with Gasteiger partial charge in [-0.15, -0.1) is 0 Å². The van der Waals surface area contributed by atoms with Gasteiger partial charge in [0.1, 0.15) is 17.5 Å². The minimum Gasteiger partial charge on any atom is -0.354 e. The van der Waals surface area contributed by atoms with E-state index in [1.54, 1.807) is 0 Å². The second-order valence-electron chi connectivity index (χ2n) is 8.43. The fraction of sp³-hybridized carbons (Fsp3) is 0.360. The number of fused-ring (bicyclic) bond motifs is 1. The highest BCUT2D eigenvalue weighted by Gasteiger charge is 2.29. The number of anilines is 3. The molecule has 1 saturated heterocycles. The molecular weight excluding hydrogens is 370 g/mol. The van der Waals surface area contributed by atoms with Crippen LogP contribution in [0.5, 0.6) is 0 Å². The highest BCUT2D eigenvalue weighted by atomic mass is 15.3. The Bertz CT molecular complexity index is 1010. The summed E-state index contributed by atoms with van der Waals surface area (Å²) in [6.45, 7) is 9.39. The van der Waals surface area contributed by atoms with Gasteiger partial charge in [-0.05, 0) is 37.5 Å². The lowest BCUT2D eigenvalue weighted by molar-refractivity contribution is 0.249. The van der Waals surface area contributed by atoms with Crippen molar-refractivity contribution in [2.45, 2.75) is 32.9 Å². The van der Waals surface area contributed by atoms with E-state index < -0.39 is 0 Å². The molecule has 0 spiro atoms. The monoisotopic (exact) mass is 399 g/mol. The molecule has 2 aromatic carbocycles. The van der Waals surface area contributed by atoms with E-state index >= 15 is 0 Å². The molecule has 1 atom stereocenters. The maximum atomic E-state index is 4.81. The number of aromatic nitrogens is 2. The predicted molar refractivity (Wildman–Crippen MR) is 122 cm³/mol. The summed E-state index contributed by atoms with van der Waals surface area (Å²) in [4.78, 5) is 16.9. The van der Waals surface area contributed by atoms with Crippen molar-refractivity contribution in [2.24, 2.45) is 0 Å². The van der Waals surface area contributed by atoms with Gasteiger partial charge in [-0.2, -0.15) is 0 Å². The van der Waals surface area contributed by atoms with Gasteiger partial charge in [0.2, 0.25) is 0 Å². The van der Waals surface area contributed by atoms with Crippen LogP contribution in [0.3, 0.4) is 0 Å². The van der Waals surface area contributed by atoms with E-state index in [1.807, 2.05) is 6.92 Å². The lowest BCUT2D eigenvalue weighted by atomic mass is 10.1. The number of aryl methyl sites for hydroxylation is 1. The summed E-state index contributed by atoms with van der Waals surface area (Å²) in [7, 11) is 0. The molecule has 5 heteroatoms. The third-order valence-electron chi connectivity index (χ3n) is 6.21. The maximum absolute atomic E-state index is 4.81. The molecule has 30 heavy (non-hydrogen) atoms. The van der Waals surface area contributed by atoms with Gasteiger partial charge in [-0.3, -0.25) is 4.90 Å². The molecule has 0 N–H and O–H groups in total. The van der Waals surface area contributed by atoms with Gasteiger partial charge in [0.25, 0.3) is 0 Å². The lowest BCUT2D eigenvalue weighted by Crippen LogP contribution is -2.46. The van der Waals surface area contributed by atoms with Gasteiger partial charge >= 0.3 is 0 Å². The lowest BCUT2D eigenvalue weighted by Gasteiger charge is -2.36. The summed E-state index contributed by atoms with van der Waals surface area (Å²) in [6, 6.07) is 22.0. The Morgan fingerprint density at radius 2 is 1.57 bits per heavy atom. The summed E-state index contributed by atoms with van der Waals surface area (Å²) in [5, 5.41) is 0. The molecule has 0 radical (unpaired) electrons. The van der Waals surface area contributed by atoms with Crippen molar-refractivity contribution in [3.05, 3.63) is 77.6 Å². The zero-order valence-electron chi connectivity index (χ0n) is 17.8. The first kappa shape index (κ1) is 19.1. The first-order valence-electron chi connectivity index (χ1n) is 10.9. The van der Waals surface area contributed by atoms with E-state index in [0.29, 0.717) is 6.04 Å². The van der Waals surface area contributed by atoms with E-state index in [2.05, 4.69) is 82.3 Å². The smallest absolute Gasteiger partial charge is 0.139 e. The predicted octanol–water partition coefficient (Wildman–Crippen LogP) is 4.19. The van der Waals surface area contributed by atoms with Crippen LogP contribution in [0.1, 0.15) is 23.9 Å². The average molecular weight is 400 g/mol. The van der Waals surface area contributed by atoms with Gasteiger partial charge in [-0.1, -0.05) is 48.5 Å². The molecule has 2 aliphatic rings. The van der Waals surface area contributed by atoms with Gasteiger partial charge in [0.15, 0.2) is 0 Å². The van der Waals surface area contributed by atoms with E-state index in [9.17, 15) is 0 Å². The summed E-state index contributed by atoms with van der Waals surface area (Å²) in [5.74, 6) is 2.90. The molecule has 3 heterocycles. The van der Waals surface area contributed by atoms with Crippen molar-refractivity contribution in [1.29, 1.82) is 0 Å². The number of para-hydroxylation sites is 1. The Morgan fingerprint density at radius 1 is 0.867 bits per heavy atom. The molecule has 1 fully saturated rings. The molecule has 1 unspecified atom stereocenters. The number of nitrogens with zero attached hydrogens (tertiary/aromatic N) is 5. The fourth-order valence-electron chi connectivity index (χ4n) is 4.71. The minimum absolute atomic E-state index is 0.410. The second kappa shape index (κ2) is 8.07. The third kappa shape index (κ3) is 3.77. The molecule has 0 bridgehead atoms. The largest absolute Gasteiger partial charge is 0.354 e. The zero-order chi connectivity index (χ0) is 20.5. The Balaban J connectivity index is 1.33. The van der Waals surface area contributed by atoms with Gasteiger partial charge in [-0.25, -0.2) is 9.97 Å². The van der Waals surface area contributed by atoms with Gasteiger partial charge in [0, 0.05) is 50.5 Å². The average Bonchev–Trinajstić information content (AvgIpc) is 3.10. The maximum Gasteiger partial charge on any atom is 0.139 e. The van der Waals surface area contributed by atoms with Crippen LogP contribution in [0.2, 0.25) is 0 Å². The summed E-state index contributed by atoms with van der Waals surface area (Å²) < 4.78 is 0. The van der Waals surface area contributed by atoms with Crippen LogP contribution >= 0.6 is 0 Å².